The topological polar surface area (TPSA) is 96.7 Å². The second-order valence-corrected chi connectivity index (χ2v) is 4.89. The molecule has 21 heavy (non-hydrogen) atoms. The van der Waals surface area contributed by atoms with E-state index < -0.39 is 0 Å². The molecule has 0 fully saturated rings. The number of nitrogens with one attached hydrogen (secondary N) is 2. The second-order valence-electron chi connectivity index (χ2n) is 4.89. The zero-order valence-electron chi connectivity index (χ0n) is 11.8. The molecule has 0 spiro atoms. The van der Waals surface area contributed by atoms with Crippen molar-refractivity contribution >= 4 is 28.2 Å². The van der Waals surface area contributed by atoms with Crippen molar-refractivity contribution in [2.75, 3.05) is 11.1 Å². The lowest BCUT2D eigenvalue weighted by Crippen LogP contribution is -2.15. The Morgan fingerprint density at radius 3 is 2.76 bits per heavy atom. The Morgan fingerprint density at radius 2 is 2.05 bits per heavy atom. The Kier molecular flexibility index (Phi) is 3.06. The molecule has 2 aromatic heterocycles. The van der Waals surface area contributed by atoms with Crippen molar-refractivity contribution in [3.63, 3.8) is 0 Å². The van der Waals surface area contributed by atoms with E-state index in [0.717, 1.165) is 16.6 Å². The van der Waals surface area contributed by atoms with Crippen molar-refractivity contribution in [1.29, 1.82) is 0 Å². The van der Waals surface area contributed by atoms with E-state index in [0.29, 0.717) is 17.1 Å². The van der Waals surface area contributed by atoms with Crippen LogP contribution in [0.25, 0.3) is 10.9 Å². The highest BCUT2D eigenvalue weighted by molar-refractivity contribution is 6.10. The van der Waals surface area contributed by atoms with Crippen LogP contribution >= 0.6 is 0 Å². The van der Waals surface area contributed by atoms with E-state index in [1.807, 2.05) is 37.3 Å². The van der Waals surface area contributed by atoms with Crippen molar-refractivity contribution in [3.05, 3.63) is 47.4 Å². The maximum atomic E-state index is 12.3. The molecule has 0 aliphatic carbocycles. The lowest BCUT2D eigenvalue weighted by Gasteiger charge is -2.09. The number of pyridine rings is 1. The third-order valence-corrected chi connectivity index (χ3v) is 3.30. The van der Waals surface area contributed by atoms with Gasteiger partial charge in [0.1, 0.15) is 0 Å². The zero-order valence-corrected chi connectivity index (χ0v) is 11.8. The van der Waals surface area contributed by atoms with E-state index >= 15 is 0 Å². The maximum absolute atomic E-state index is 12.3. The lowest BCUT2D eigenvalue weighted by molar-refractivity contribution is 0.102. The van der Waals surface area contributed by atoms with Gasteiger partial charge in [-0.3, -0.25) is 14.9 Å². The molecule has 1 aromatic carbocycles. The third kappa shape index (κ3) is 2.31. The molecule has 1 amide bonds. The van der Waals surface area contributed by atoms with Crippen molar-refractivity contribution in [1.82, 2.24) is 15.2 Å². The van der Waals surface area contributed by atoms with E-state index in [1.165, 1.54) is 0 Å². The first-order valence-electron chi connectivity index (χ1n) is 6.54. The summed E-state index contributed by atoms with van der Waals surface area (Å²) in [5.74, 6) is -0.340. The number of hydrogen-bond acceptors (Lipinski definition) is 4. The van der Waals surface area contributed by atoms with Crippen LogP contribution in [0, 0.1) is 13.8 Å². The summed E-state index contributed by atoms with van der Waals surface area (Å²) in [7, 11) is 0. The number of amides is 1. The van der Waals surface area contributed by atoms with Gasteiger partial charge in [0.15, 0.2) is 5.69 Å². The lowest BCUT2D eigenvalue weighted by atomic mass is 10.1. The number of aromatic nitrogens is 3. The van der Waals surface area contributed by atoms with Crippen LogP contribution in [0.1, 0.15) is 21.9 Å². The number of nitrogens with two attached hydrogens (primary N) is 1. The van der Waals surface area contributed by atoms with Crippen molar-refractivity contribution in [2.45, 2.75) is 13.8 Å². The Balaban J connectivity index is 2.02. The Hall–Kier alpha value is -2.89. The summed E-state index contributed by atoms with van der Waals surface area (Å²) < 4.78 is 0. The molecule has 0 saturated heterocycles. The van der Waals surface area contributed by atoms with Gasteiger partial charge < -0.3 is 11.1 Å². The number of rotatable bonds is 2. The highest BCUT2D eigenvalue weighted by atomic mass is 16.2. The Morgan fingerprint density at radius 1 is 1.29 bits per heavy atom. The minimum atomic E-state index is -0.340. The fraction of sp³-hybridized carbons (Fsp3) is 0.133. The smallest absolute Gasteiger partial charge is 0.278 e. The first-order valence-corrected chi connectivity index (χ1v) is 6.54. The van der Waals surface area contributed by atoms with Crippen molar-refractivity contribution in [2.24, 2.45) is 0 Å². The summed E-state index contributed by atoms with van der Waals surface area (Å²) >= 11 is 0. The van der Waals surface area contributed by atoms with E-state index in [9.17, 15) is 4.79 Å². The van der Waals surface area contributed by atoms with Gasteiger partial charge >= 0.3 is 0 Å². The molecule has 3 aromatic rings. The average Bonchev–Trinajstić information content (AvgIpc) is 2.79. The van der Waals surface area contributed by atoms with Crippen LogP contribution in [0.3, 0.4) is 0 Å². The van der Waals surface area contributed by atoms with Gasteiger partial charge in [0, 0.05) is 11.1 Å². The molecule has 6 heteroatoms. The number of aromatic amines is 1. The predicted octanol–water partition coefficient (Wildman–Crippen LogP) is 2.41. The zero-order chi connectivity index (χ0) is 15.0. The average molecular weight is 281 g/mol. The van der Waals surface area contributed by atoms with E-state index in [2.05, 4.69) is 20.5 Å². The maximum Gasteiger partial charge on any atom is 0.278 e. The molecule has 6 nitrogen and oxygen atoms in total. The van der Waals surface area contributed by atoms with Crippen LogP contribution in [0.2, 0.25) is 0 Å². The van der Waals surface area contributed by atoms with E-state index in [1.54, 1.807) is 6.92 Å². The third-order valence-electron chi connectivity index (χ3n) is 3.30. The standard InChI is InChI=1S/C15H15N5O/c1-8-7-12(10-5-3-4-6-11(10)17-8)18-15(21)14-13(16)9(2)19-20-14/h3-7H,16H2,1-2H3,(H,19,20)(H,17,18,21). The van der Waals surface area contributed by atoms with Crippen molar-refractivity contribution in [3.8, 4) is 0 Å². The van der Waals surface area contributed by atoms with Gasteiger partial charge in [-0.05, 0) is 26.0 Å². The van der Waals surface area contributed by atoms with Crippen LogP contribution in [0.5, 0.6) is 0 Å². The number of fused-ring (bicyclic) bond motifs is 1. The van der Waals surface area contributed by atoms with Gasteiger partial charge in [0.05, 0.1) is 22.6 Å². The van der Waals surface area contributed by atoms with Crippen LogP contribution in [-0.2, 0) is 0 Å². The number of benzene rings is 1. The van der Waals surface area contributed by atoms with Crippen LogP contribution < -0.4 is 11.1 Å². The summed E-state index contributed by atoms with van der Waals surface area (Å²) in [4.78, 5) is 16.7. The molecule has 0 aliphatic heterocycles. The first kappa shape index (κ1) is 13.1. The Bertz CT molecular complexity index is 837. The number of para-hydroxylation sites is 1. The Labute approximate surface area is 121 Å². The highest BCUT2D eigenvalue weighted by Gasteiger charge is 2.16. The van der Waals surface area contributed by atoms with Gasteiger partial charge in [-0.2, -0.15) is 5.10 Å². The van der Waals surface area contributed by atoms with Crippen molar-refractivity contribution < 1.29 is 4.79 Å². The fourth-order valence-electron chi connectivity index (χ4n) is 2.20. The minimum absolute atomic E-state index is 0.200. The number of nitrogen functional groups attached to an aromatic ring is 1. The summed E-state index contributed by atoms with van der Waals surface area (Å²) in [6.07, 6.45) is 0. The molecular formula is C15H15N5O. The molecule has 0 bridgehead atoms. The molecule has 4 N–H and O–H groups in total. The summed E-state index contributed by atoms with van der Waals surface area (Å²) in [5.41, 5.74) is 9.43. The monoisotopic (exact) mass is 281 g/mol. The number of nitrogens with zero attached hydrogens (tertiary/aromatic N) is 2. The van der Waals surface area contributed by atoms with Crippen LogP contribution in [0.4, 0.5) is 11.4 Å². The molecule has 0 atom stereocenters. The quantitative estimate of drug-likeness (QED) is 0.672. The minimum Gasteiger partial charge on any atom is -0.395 e. The number of hydrogen-bond donors (Lipinski definition) is 3. The largest absolute Gasteiger partial charge is 0.395 e. The molecule has 0 unspecified atom stereocenters. The molecular weight excluding hydrogens is 266 g/mol. The molecule has 0 aliphatic rings. The number of carbonyl (C=O) groups is 1. The number of H-pyrrole nitrogens is 1. The van der Waals surface area contributed by atoms with E-state index in [4.69, 9.17) is 5.73 Å². The summed E-state index contributed by atoms with van der Waals surface area (Å²) in [6.45, 7) is 3.65. The SMILES string of the molecule is Cc1cc(NC(=O)c2n[nH]c(C)c2N)c2ccccc2n1. The predicted molar refractivity (Wildman–Crippen MR) is 82.2 cm³/mol. The molecule has 3 rings (SSSR count). The second kappa shape index (κ2) is 4.90. The first-order chi connectivity index (χ1) is 10.1. The highest BCUT2D eigenvalue weighted by Crippen LogP contribution is 2.24. The fourth-order valence-corrected chi connectivity index (χ4v) is 2.20. The van der Waals surface area contributed by atoms with Gasteiger partial charge in [0.25, 0.3) is 5.91 Å². The molecule has 0 radical (unpaired) electrons. The number of carbonyl (C=O) groups excluding carboxylic acids is 1. The molecule has 106 valence electrons. The summed E-state index contributed by atoms with van der Waals surface area (Å²) in [6, 6.07) is 9.47. The number of anilines is 2. The van der Waals surface area contributed by atoms with Gasteiger partial charge in [-0.1, -0.05) is 18.2 Å². The van der Waals surface area contributed by atoms with Gasteiger partial charge in [-0.15, -0.1) is 0 Å². The molecule has 0 saturated carbocycles. The summed E-state index contributed by atoms with van der Waals surface area (Å²) in [5, 5.41) is 10.4. The molecule has 2 heterocycles. The van der Waals surface area contributed by atoms with Gasteiger partial charge in [0.2, 0.25) is 0 Å². The number of aryl methyl sites for hydroxylation is 2. The van der Waals surface area contributed by atoms with Crippen LogP contribution in [0.15, 0.2) is 30.3 Å². The normalized spacial score (nSPS) is 10.8. The van der Waals surface area contributed by atoms with E-state index in [-0.39, 0.29) is 11.6 Å². The van der Waals surface area contributed by atoms with Crippen LogP contribution in [-0.4, -0.2) is 21.1 Å². The van der Waals surface area contributed by atoms with Gasteiger partial charge in [-0.25, -0.2) is 0 Å².